The van der Waals surface area contributed by atoms with E-state index in [0.717, 1.165) is 35.7 Å². The zero-order valence-corrected chi connectivity index (χ0v) is 14.9. The standard InChI is InChI=1S/C21H23NO3/c1-4-22(5-2)18-11-10-16-13-17(21(23)25-20(16)14-18)12-15-8-6-7-9-19(15)24-3/h6-12,14H,4-5,13H2,1-3H3. The van der Waals surface area contributed by atoms with Gasteiger partial charge < -0.3 is 14.4 Å². The second-order valence-electron chi connectivity index (χ2n) is 5.94. The number of anilines is 1. The molecule has 0 atom stereocenters. The van der Waals surface area contributed by atoms with Gasteiger partial charge in [-0.05, 0) is 37.6 Å². The normalized spacial score (nSPS) is 14.8. The average Bonchev–Trinajstić information content (AvgIpc) is 2.64. The minimum atomic E-state index is -0.296. The number of esters is 1. The molecule has 0 radical (unpaired) electrons. The number of benzene rings is 2. The molecule has 3 rings (SSSR count). The number of ether oxygens (including phenoxy) is 2. The van der Waals surface area contributed by atoms with E-state index >= 15 is 0 Å². The molecule has 0 aromatic heterocycles. The monoisotopic (exact) mass is 337 g/mol. The molecule has 0 bridgehead atoms. The summed E-state index contributed by atoms with van der Waals surface area (Å²) in [4.78, 5) is 14.7. The molecule has 0 fully saturated rings. The van der Waals surface area contributed by atoms with Crippen LogP contribution in [0.4, 0.5) is 5.69 Å². The fourth-order valence-electron chi connectivity index (χ4n) is 3.10. The second kappa shape index (κ2) is 7.43. The number of rotatable bonds is 5. The molecule has 0 unspecified atom stereocenters. The summed E-state index contributed by atoms with van der Waals surface area (Å²) in [6.07, 6.45) is 2.41. The maximum absolute atomic E-state index is 12.4. The van der Waals surface area contributed by atoms with Crippen LogP contribution in [-0.4, -0.2) is 26.2 Å². The molecule has 0 spiro atoms. The molecule has 1 aliphatic rings. The van der Waals surface area contributed by atoms with Crippen LogP contribution in [-0.2, 0) is 11.2 Å². The third-order valence-electron chi connectivity index (χ3n) is 4.49. The minimum Gasteiger partial charge on any atom is -0.496 e. The molecular weight excluding hydrogens is 314 g/mol. The Morgan fingerprint density at radius 2 is 1.92 bits per heavy atom. The number of methoxy groups -OCH3 is 1. The van der Waals surface area contributed by atoms with Gasteiger partial charge in [0.25, 0.3) is 0 Å². The van der Waals surface area contributed by atoms with Gasteiger partial charge in [-0.1, -0.05) is 24.3 Å². The number of hydrogen-bond acceptors (Lipinski definition) is 4. The fraction of sp³-hybridized carbons (Fsp3) is 0.286. The first-order chi connectivity index (χ1) is 12.2. The first-order valence-corrected chi connectivity index (χ1v) is 8.59. The molecule has 2 aromatic rings. The highest BCUT2D eigenvalue weighted by Gasteiger charge is 2.23. The van der Waals surface area contributed by atoms with Crippen molar-refractivity contribution in [3.05, 3.63) is 59.2 Å². The Morgan fingerprint density at radius 3 is 2.64 bits per heavy atom. The first kappa shape index (κ1) is 17.1. The van der Waals surface area contributed by atoms with Gasteiger partial charge >= 0.3 is 5.97 Å². The largest absolute Gasteiger partial charge is 0.496 e. The summed E-state index contributed by atoms with van der Waals surface area (Å²) >= 11 is 0. The molecule has 0 saturated carbocycles. The van der Waals surface area contributed by atoms with Gasteiger partial charge in [0, 0.05) is 42.4 Å². The zero-order valence-electron chi connectivity index (χ0n) is 14.9. The van der Waals surface area contributed by atoms with Crippen LogP contribution < -0.4 is 14.4 Å². The summed E-state index contributed by atoms with van der Waals surface area (Å²) < 4.78 is 11.0. The zero-order chi connectivity index (χ0) is 17.8. The van der Waals surface area contributed by atoms with Crippen LogP contribution in [0.5, 0.6) is 11.5 Å². The second-order valence-corrected chi connectivity index (χ2v) is 5.94. The highest BCUT2D eigenvalue weighted by molar-refractivity contribution is 5.97. The lowest BCUT2D eigenvalue weighted by atomic mass is 9.98. The number of fused-ring (bicyclic) bond motifs is 1. The minimum absolute atomic E-state index is 0.296. The van der Waals surface area contributed by atoms with Crippen LogP contribution in [0.1, 0.15) is 25.0 Å². The molecule has 0 amide bonds. The average molecular weight is 337 g/mol. The Balaban J connectivity index is 1.91. The van der Waals surface area contributed by atoms with Gasteiger partial charge in [0.15, 0.2) is 0 Å². The fourth-order valence-corrected chi connectivity index (χ4v) is 3.10. The Kier molecular flexibility index (Phi) is 5.08. The summed E-state index contributed by atoms with van der Waals surface area (Å²) in [6.45, 7) is 6.07. The maximum atomic E-state index is 12.4. The maximum Gasteiger partial charge on any atom is 0.339 e. The van der Waals surface area contributed by atoms with Gasteiger partial charge in [0.1, 0.15) is 11.5 Å². The SMILES string of the molecule is CCN(CC)c1ccc2c(c1)OC(=O)C(=Cc1ccccc1OC)C2. The summed E-state index contributed by atoms with van der Waals surface area (Å²) in [5.74, 6) is 1.10. The highest BCUT2D eigenvalue weighted by atomic mass is 16.5. The van der Waals surface area contributed by atoms with E-state index in [4.69, 9.17) is 9.47 Å². The molecule has 1 aliphatic heterocycles. The van der Waals surface area contributed by atoms with Gasteiger partial charge in [0.2, 0.25) is 0 Å². The van der Waals surface area contributed by atoms with Crippen molar-refractivity contribution in [2.75, 3.05) is 25.1 Å². The van der Waals surface area contributed by atoms with Crippen molar-refractivity contribution in [2.24, 2.45) is 0 Å². The molecule has 1 heterocycles. The molecule has 0 N–H and O–H groups in total. The Bertz CT molecular complexity index is 807. The van der Waals surface area contributed by atoms with Crippen molar-refractivity contribution < 1.29 is 14.3 Å². The van der Waals surface area contributed by atoms with Crippen LogP contribution in [0.3, 0.4) is 0 Å². The van der Waals surface area contributed by atoms with Crippen LogP contribution in [0, 0.1) is 0 Å². The van der Waals surface area contributed by atoms with E-state index in [1.165, 1.54) is 0 Å². The Hall–Kier alpha value is -2.75. The summed E-state index contributed by atoms with van der Waals surface area (Å²) in [6, 6.07) is 13.7. The van der Waals surface area contributed by atoms with E-state index < -0.39 is 0 Å². The lowest BCUT2D eigenvalue weighted by molar-refractivity contribution is -0.130. The third-order valence-corrected chi connectivity index (χ3v) is 4.49. The van der Waals surface area contributed by atoms with Crippen molar-refractivity contribution in [3.8, 4) is 11.5 Å². The number of carbonyl (C=O) groups excluding carboxylic acids is 1. The van der Waals surface area contributed by atoms with Gasteiger partial charge in [0.05, 0.1) is 7.11 Å². The topological polar surface area (TPSA) is 38.8 Å². The molecular formula is C21H23NO3. The number of nitrogens with zero attached hydrogens (tertiary/aromatic N) is 1. The van der Waals surface area contributed by atoms with Crippen molar-refractivity contribution in [1.82, 2.24) is 0 Å². The van der Waals surface area contributed by atoms with E-state index in [-0.39, 0.29) is 5.97 Å². The van der Waals surface area contributed by atoms with Crippen molar-refractivity contribution >= 4 is 17.7 Å². The molecule has 4 nitrogen and oxygen atoms in total. The lowest BCUT2D eigenvalue weighted by Gasteiger charge is -2.24. The van der Waals surface area contributed by atoms with Crippen molar-refractivity contribution in [2.45, 2.75) is 20.3 Å². The van der Waals surface area contributed by atoms with Crippen molar-refractivity contribution in [1.29, 1.82) is 0 Å². The van der Waals surface area contributed by atoms with Gasteiger partial charge in [-0.25, -0.2) is 4.79 Å². The quantitative estimate of drug-likeness (QED) is 0.468. The lowest BCUT2D eigenvalue weighted by Crippen LogP contribution is -2.23. The molecule has 25 heavy (non-hydrogen) atoms. The van der Waals surface area contributed by atoms with E-state index in [1.807, 2.05) is 42.5 Å². The van der Waals surface area contributed by atoms with Crippen LogP contribution >= 0.6 is 0 Å². The van der Waals surface area contributed by atoms with E-state index in [0.29, 0.717) is 17.7 Å². The first-order valence-electron chi connectivity index (χ1n) is 8.59. The molecule has 130 valence electrons. The molecule has 0 saturated heterocycles. The Morgan fingerprint density at radius 1 is 1.16 bits per heavy atom. The predicted molar refractivity (Wildman–Crippen MR) is 100 cm³/mol. The number of para-hydroxylation sites is 1. The smallest absolute Gasteiger partial charge is 0.339 e. The van der Waals surface area contributed by atoms with Gasteiger partial charge in [-0.2, -0.15) is 0 Å². The summed E-state index contributed by atoms with van der Waals surface area (Å²) in [7, 11) is 1.63. The summed E-state index contributed by atoms with van der Waals surface area (Å²) in [5, 5.41) is 0. The summed E-state index contributed by atoms with van der Waals surface area (Å²) in [5.41, 5.74) is 3.61. The van der Waals surface area contributed by atoms with Crippen molar-refractivity contribution in [3.63, 3.8) is 0 Å². The van der Waals surface area contributed by atoms with Crippen LogP contribution in [0.25, 0.3) is 6.08 Å². The molecule has 0 aliphatic carbocycles. The third kappa shape index (κ3) is 3.53. The number of hydrogen-bond donors (Lipinski definition) is 0. The predicted octanol–water partition coefficient (Wildman–Crippen LogP) is 4.09. The highest BCUT2D eigenvalue weighted by Crippen LogP contribution is 2.33. The Labute approximate surface area is 148 Å². The van der Waals surface area contributed by atoms with Gasteiger partial charge in [-0.3, -0.25) is 0 Å². The van der Waals surface area contributed by atoms with E-state index in [9.17, 15) is 4.79 Å². The molecule has 2 aromatic carbocycles. The molecule has 4 heteroatoms. The van der Waals surface area contributed by atoms with E-state index in [1.54, 1.807) is 7.11 Å². The van der Waals surface area contributed by atoms with Gasteiger partial charge in [-0.15, -0.1) is 0 Å². The van der Waals surface area contributed by atoms with E-state index in [2.05, 4.69) is 24.8 Å². The number of carbonyl (C=O) groups is 1. The van der Waals surface area contributed by atoms with Crippen LogP contribution in [0.2, 0.25) is 0 Å². The van der Waals surface area contributed by atoms with Crippen LogP contribution in [0.15, 0.2) is 48.0 Å².